The fraction of sp³-hybridized carbons (Fsp3) is 0. The minimum atomic E-state index is 0.0371. The zero-order valence-electron chi connectivity index (χ0n) is 24.2. The van der Waals surface area contributed by atoms with E-state index in [1.54, 1.807) is 0 Å². The predicted molar refractivity (Wildman–Crippen MR) is 182 cm³/mol. The average molecular weight is 585 g/mol. The van der Waals surface area contributed by atoms with Crippen molar-refractivity contribution in [1.29, 1.82) is 10.5 Å². The minimum Gasteiger partial charge on any atom is -0.309 e. The largest absolute Gasteiger partial charge is 0.309 e. The van der Waals surface area contributed by atoms with Gasteiger partial charge in [0.25, 0.3) is 0 Å². The van der Waals surface area contributed by atoms with E-state index in [1.807, 2.05) is 12.1 Å². The fourth-order valence-electron chi connectivity index (χ4n) is 7.51. The van der Waals surface area contributed by atoms with Gasteiger partial charge < -0.3 is 9.13 Å². The Morgan fingerprint density at radius 3 is 1.76 bits per heavy atom. The van der Waals surface area contributed by atoms with Gasteiger partial charge in [-0.3, -0.25) is 0 Å². The van der Waals surface area contributed by atoms with Crippen molar-refractivity contribution in [2.24, 2.45) is 0 Å². The summed E-state index contributed by atoms with van der Waals surface area (Å²) in [5.41, 5.74) is 9.71. The Morgan fingerprint density at radius 1 is 0.500 bits per heavy atom. The van der Waals surface area contributed by atoms with Crippen molar-refractivity contribution in [3.05, 3.63) is 133 Å². The van der Waals surface area contributed by atoms with Gasteiger partial charge in [0.05, 0.1) is 33.4 Å². The van der Waals surface area contributed by atoms with E-state index in [0.29, 0.717) is 11.4 Å². The number of para-hydroxylation sites is 3. The van der Waals surface area contributed by atoms with Gasteiger partial charge in [0.2, 0.25) is 0 Å². The lowest BCUT2D eigenvalue weighted by molar-refractivity contribution is 1.14. The van der Waals surface area contributed by atoms with Crippen LogP contribution in [0.25, 0.3) is 88.3 Å². The molecule has 3 aromatic heterocycles. The molecule has 1 aliphatic carbocycles. The van der Waals surface area contributed by atoms with Crippen molar-refractivity contribution in [1.82, 2.24) is 19.1 Å². The van der Waals surface area contributed by atoms with Crippen LogP contribution in [0.1, 0.15) is 11.4 Å². The summed E-state index contributed by atoms with van der Waals surface area (Å²) >= 11 is 0. The molecule has 6 nitrogen and oxygen atoms in total. The Balaban J connectivity index is 1.30. The molecule has 1 aliphatic rings. The summed E-state index contributed by atoms with van der Waals surface area (Å²) < 4.78 is 4.65. The molecule has 10 rings (SSSR count). The topological polar surface area (TPSA) is 83.2 Å². The summed E-state index contributed by atoms with van der Waals surface area (Å²) in [4.78, 5) is 9.42. The van der Waals surface area contributed by atoms with Crippen LogP contribution in [0.5, 0.6) is 0 Å². The highest BCUT2D eigenvalue weighted by Gasteiger charge is 2.30. The molecule has 3 heterocycles. The van der Waals surface area contributed by atoms with Crippen LogP contribution in [0.2, 0.25) is 0 Å². The number of nitrogens with zero attached hydrogens (tertiary/aromatic N) is 6. The van der Waals surface area contributed by atoms with Crippen molar-refractivity contribution < 1.29 is 0 Å². The van der Waals surface area contributed by atoms with E-state index in [4.69, 9.17) is 4.98 Å². The van der Waals surface area contributed by atoms with E-state index in [0.717, 1.165) is 55.1 Å². The molecular weight excluding hydrogens is 564 g/mol. The molecule has 0 radical (unpaired) electrons. The van der Waals surface area contributed by atoms with Crippen molar-refractivity contribution in [2.75, 3.05) is 0 Å². The Kier molecular flexibility index (Phi) is 4.76. The van der Waals surface area contributed by atoms with Crippen molar-refractivity contribution in [2.45, 2.75) is 0 Å². The molecule has 0 unspecified atom stereocenters. The first-order valence-corrected chi connectivity index (χ1v) is 15.1. The lowest BCUT2D eigenvalue weighted by atomic mass is 10.0. The molecule has 0 aliphatic heterocycles. The molecule has 0 spiro atoms. The van der Waals surface area contributed by atoms with Gasteiger partial charge in [-0.15, -0.1) is 0 Å². The maximum Gasteiger partial charge on any atom is 0.177 e. The number of hydrogen-bond acceptors (Lipinski definition) is 4. The third kappa shape index (κ3) is 3.07. The second-order valence-corrected chi connectivity index (χ2v) is 11.6. The lowest BCUT2D eigenvalue weighted by Crippen LogP contribution is -2.01. The smallest absolute Gasteiger partial charge is 0.177 e. The van der Waals surface area contributed by atoms with Gasteiger partial charge in [-0.25, -0.2) is 9.97 Å². The highest BCUT2D eigenvalue weighted by molar-refractivity contribution is 6.18. The van der Waals surface area contributed by atoms with Crippen LogP contribution in [0, 0.1) is 22.7 Å². The quantitative estimate of drug-likeness (QED) is 0.203. The molecule has 0 bridgehead atoms. The van der Waals surface area contributed by atoms with Crippen LogP contribution in [0.4, 0.5) is 0 Å². The maximum atomic E-state index is 9.85. The SMILES string of the molecule is N#Cc1nc2c(nc1C#N)-c1c(-n3c4ccccc4c4cc(-n5c6ccccc6c6ccccc65)ccc43)ccc3cccc-2c13. The van der Waals surface area contributed by atoms with Crippen molar-refractivity contribution in [3.63, 3.8) is 0 Å². The summed E-state index contributed by atoms with van der Waals surface area (Å²) in [7, 11) is 0. The third-order valence-corrected chi connectivity index (χ3v) is 9.36. The van der Waals surface area contributed by atoms with Crippen molar-refractivity contribution in [3.8, 4) is 46.0 Å². The summed E-state index contributed by atoms with van der Waals surface area (Å²) in [5, 5.41) is 26.4. The van der Waals surface area contributed by atoms with Crippen LogP contribution in [-0.2, 0) is 0 Å². The van der Waals surface area contributed by atoms with Crippen LogP contribution in [0.15, 0.2) is 121 Å². The molecule has 0 fully saturated rings. The second kappa shape index (κ2) is 8.89. The van der Waals surface area contributed by atoms with Gasteiger partial charge in [-0.05, 0) is 47.9 Å². The molecule has 0 saturated heterocycles. The summed E-state index contributed by atoms with van der Waals surface area (Å²) in [6.07, 6.45) is 0. The molecule has 0 atom stereocenters. The van der Waals surface area contributed by atoms with Gasteiger partial charge in [-0.1, -0.05) is 78.9 Å². The molecule has 0 N–H and O–H groups in total. The van der Waals surface area contributed by atoms with E-state index in [2.05, 4.69) is 135 Å². The number of fused-ring (bicyclic) bond motifs is 9. The highest BCUT2D eigenvalue weighted by Crippen LogP contribution is 2.49. The van der Waals surface area contributed by atoms with Crippen LogP contribution < -0.4 is 0 Å². The minimum absolute atomic E-state index is 0.0371. The number of aromatic nitrogens is 4. The lowest BCUT2D eigenvalue weighted by Gasteiger charge is -2.14. The van der Waals surface area contributed by atoms with Gasteiger partial charge >= 0.3 is 0 Å². The Morgan fingerprint density at radius 2 is 1.09 bits per heavy atom. The second-order valence-electron chi connectivity index (χ2n) is 11.6. The fourth-order valence-corrected chi connectivity index (χ4v) is 7.51. The molecule has 6 aromatic carbocycles. The molecule has 46 heavy (non-hydrogen) atoms. The average Bonchev–Trinajstić information content (AvgIpc) is 3.74. The molecule has 210 valence electrons. The number of hydrogen-bond donors (Lipinski definition) is 0. The first-order chi connectivity index (χ1) is 22.7. The summed E-state index contributed by atoms with van der Waals surface area (Å²) in [5.74, 6) is 0. The first kappa shape index (κ1) is 24.7. The van der Waals surface area contributed by atoms with E-state index in [1.165, 1.54) is 21.8 Å². The molecule has 0 amide bonds. The van der Waals surface area contributed by atoms with Crippen LogP contribution >= 0.6 is 0 Å². The number of nitriles is 2. The van der Waals surface area contributed by atoms with E-state index >= 15 is 0 Å². The number of benzene rings is 6. The first-order valence-electron chi connectivity index (χ1n) is 15.1. The Bertz CT molecular complexity index is 2840. The van der Waals surface area contributed by atoms with Crippen molar-refractivity contribution >= 4 is 54.4 Å². The Labute approximate surface area is 262 Å². The van der Waals surface area contributed by atoms with Gasteiger partial charge in [0.1, 0.15) is 17.8 Å². The Hall–Kier alpha value is -6.76. The summed E-state index contributed by atoms with van der Waals surface area (Å²) in [6.45, 7) is 0. The van der Waals surface area contributed by atoms with Crippen LogP contribution in [-0.4, -0.2) is 19.1 Å². The molecule has 9 aromatic rings. The van der Waals surface area contributed by atoms with Gasteiger partial charge in [0, 0.05) is 43.7 Å². The molecule has 0 saturated carbocycles. The molecule has 6 heteroatoms. The van der Waals surface area contributed by atoms with E-state index in [-0.39, 0.29) is 11.4 Å². The van der Waals surface area contributed by atoms with Gasteiger partial charge in [0.15, 0.2) is 11.4 Å². The van der Waals surface area contributed by atoms with Crippen LogP contribution in [0.3, 0.4) is 0 Å². The monoisotopic (exact) mass is 584 g/mol. The number of rotatable bonds is 2. The molecular formula is C40H20N6. The van der Waals surface area contributed by atoms with Gasteiger partial charge in [-0.2, -0.15) is 10.5 Å². The van der Waals surface area contributed by atoms with E-state index in [9.17, 15) is 10.5 Å². The normalized spacial score (nSPS) is 11.9. The predicted octanol–water partition coefficient (Wildman–Crippen LogP) is 9.21. The highest BCUT2D eigenvalue weighted by atomic mass is 15.0. The zero-order valence-corrected chi connectivity index (χ0v) is 24.2. The summed E-state index contributed by atoms with van der Waals surface area (Å²) in [6, 6.07) is 46.8. The third-order valence-electron chi connectivity index (χ3n) is 9.36. The maximum absolute atomic E-state index is 9.85. The van der Waals surface area contributed by atoms with E-state index < -0.39 is 0 Å². The zero-order chi connectivity index (χ0) is 30.5. The standard InChI is InChI=1S/C40H20N6/c41-21-30-31(22-42)44-40-38-36(18-16-23-8-7-12-28(37(23)38)39(40)43-30)46-34-15-6-3-11-27(34)29-20-24(17-19-35(29)46)45-32-13-4-1-9-25(32)26-10-2-5-14-33(26)45/h1-20H.